The third-order valence-corrected chi connectivity index (χ3v) is 7.48. The van der Waals surface area contributed by atoms with E-state index in [0.717, 1.165) is 5.56 Å². The Hall–Kier alpha value is -2.16. The van der Waals surface area contributed by atoms with Crippen LogP contribution in [0.25, 0.3) is 0 Å². The van der Waals surface area contributed by atoms with Gasteiger partial charge in [-0.05, 0) is 62.6 Å². The molecule has 1 saturated heterocycles. The van der Waals surface area contributed by atoms with Gasteiger partial charge >= 0.3 is 0 Å². The van der Waals surface area contributed by atoms with Crippen LogP contribution in [0.1, 0.15) is 38.3 Å². The van der Waals surface area contributed by atoms with Crippen molar-refractivity contribution in [3.05, 3.63) is 58.9 Å². The van der Waals surface area contributed by atoms with Crippen molar-refractivity contribution in [3.8, 4) is 5.75 Å². The largest absolute Gasteiger partial charge is 0.492 e. The van der Waals surface area contributed by atoms with Crippen LogP contribution in [0, 0.1) is 11.7 Å². The highest BCUT2D eigenvalue weighted by Crippen LogP contribution is 2.30. The molecule has 2 aromatic rings. The van der Waals surface area contributed by atoms with Crippen LogP contribution in [-0.4, -0.2) is 38.3 Å². The molecule has 1 fully saturated rings. The Morgan fingerprint density at radius 1 is 1.29 bits per heavy atom. The van der Waals surface area contributed by atoms with E-state index in [1.807, 2.05) is 13.8 Å². The number of amides is 1. The third-order valence-electron chi connectivity index (χ3n) is 5.32. The van der Waals surface area contributed by atoms with E-state index >= 15 is 0 Å². The van der Waals surface area contributed by atoms with Crippen molar-refractivity contribution in [1.82, 2.24) is 9.62 Å². The van der Waals surface area contributed by atoms with Crippen LogP contribution in [0.15, 0.2) is 47.4 Å². The van der Waals surface area contributed by atoms with E-state index < -0.39 is 15.9 Å². The number of piperidine rings is 1. The fourth-order valence-electron chi connectivity index (χ4n) is 3.60. The molecule has 2 aromatic carbocycles. The standard InChI is InChI=1S/C22H26ClFN2O4S/c1-3-30-21-11-10-19(13-20(21)23)31(28,29)26-12-4-5-17(14-26)22(27)25-15(2)16-6-8-18(24)9-7-16/h6-11,13,15,17H,3-5,12,14H2,1-2H3,(H,25,27)/t15-,17-/m1/s1. The Balaban J connectivity index is 1.69. The summed E-state index contributed by atoms with van der Waals surface area (Å²) in [7, 11) is -3.80. The quantitative estimate of drug-likeness (QED) is 0.662. The first-order chi connectivity index (χ1) is 14.7. The lowest BCUT2D eigenvalue weighted by molar-refractivity contribution is -0.126. The predicted molar refractivity (Wildman–Crippen MR) is 117 cm³/mol. The molecule has 0 spiro atoms. The SMILES string of the molecule is CCOc1ccc(S(=O)(=O)N2CCC[C@@H](C(=O)N[C@H](C)c3ccc(F)cc3)C2)cc1Cl. The average molecular weight is 469 g/mol. The lowest BCUT2D eigenvalue weighted by Gasteiger charge is -2.32. The van der Waals surface area contributed by atoms with E-state index in [9.17, 15) is 17.6 Å². The van der Waals surface area contributed by atoms with Crippen molar-refractivity contribution in [2.75, 3.05) is 19.7 Å². The van der Waals surface area contributed by atoms with Gasteiger partial charge in [0.1, 0.15) is 11.6 Å². The first-order valence-corrected chi connectivity index (χ1v) is 12.0. The second kappa shape index (κ2) is 9.97. The maximum Gasteiger partial charge on any atom is 0.243 e. The van der Waals surface area contributed by atoms with Crippen molar-refractivity contribution in [2.45, 2.75) is 37.6 Å². The molecular weight excluding hydrogens is 443 g/mol. The summed E-state index contributed by atoms with van der Waals surface area (Å²) in [6, 6.07) is 9.99. The van der Waals surface area contributed by atoms with Crippen molar-refractivity contribution >= 4 is 27.5 Å². The molecule has 168 valence electrons. The predicted octanol–water partition coefficient (Wildman–Crippen LogP) is 4.16. The van der Waals surface area contributed by atoms with E-state index in [2.05, 4.69) is 5.32 Å². The van der Waals surface area contributed by atoms with E-state index in [0.29, 0.717) is 31.7 Å². The molecular formula is C22H26ClFN2O4S. The summed E-state index contributed by atoms with van der Waals surface area (Å²) >= 11 is 6.16. The highest BCUT2D eigenvalue weighted by Gasteiger charge is 2.34. The van der Waals surface area contributed by atoms with Crippen molar-refractivity contribution in [3.63, 3.8) is 0 Å². The number of carbonyl (C=O) groups excluding carboxylic acids is 1. The van der Waals surface area contributed by atoms with Gasteiger partial charge < -0.3 is 10.1 Å². The van der Waals surface area contributed by atoms with E-state index in [4.69, 9.17) is 16.3 Å². The lowest BCUT2D eigenvalue weighted by atomic mass is 9.98. The molecule has 0 aliphatic carbocycles. The van der Waals surface area contributed by atoms with Gasteiger partial charge in [0.2, 0.25) is 15.9 Å². The molecule has 0 radical (unpaired) electrons. The maximum atomic E-state index is 13.1. The van der Waals surface area contributed by atoms with Crippen LogP contribution in [-0.2, 0) is 14.8 Å². The Morgan fingerprint density at radius 2 is 2.00 bits per heavy atom. The summed E-state index contributed by atoms with van der Waals surface area (Å²) in [6.45, 7) is 4.48. The molecule has 1 aliphatic heterocycles. The summed E-state index contributed by atoms with van der Waals surface area (Å²) < 4.78 is 46.0. The van der Waals surface area contributed by atoms with Crippen LogP contribution < -0.4 is 10.1 Å². The molecule has 0 aromatic heterocycles. The average Bonchev–Trinajstić information content (AvgIpc) is 2.75. The molecule has 0 bridgehead atoms. The maximum absolute atomic E-state index is 13.1. The van der Waals surface area contributed by atoms with Crippen molar-refractivity contribution < 1.29 is 22.3 Å². The highest BCUT2D eigenvalue weighted by molar-refractivity contribution is 7.89. The number of benzene rings is 2. The van der Waals surface area contributed by atoms with Gasteiger partial charge in [0.25, 0.3) is 0 Å². The number of hydrogen-bond donors (Lipinski definition) is 1. The lowest BCUT2D eigenvalue weighted by Crippen LogP contribution is -2.45. The summed E-state index contributed by atoms with van der Waals surface area (Å²) in [5.74, 6) is -0.607. The molecule has 1 N–H and O–H groups in total. The molecule has 1 heterocycles. The monoisotopic (exact) mass is 468 g/mol. The van der Waals surface area contributed by atoms with Crippen LogP contribution in [0.4, 0.5) is 4.39 Å². The molecule has 0 unspecified atom stereocenters. The van der Waals surface area contributed by atoms with Crippen LogP contribution >= 0.6 is 11.6 Å². The van der Waals surface area contributed by atoms with Crippen molar-refractivity contribution in [1.29, 1.82) is 0 Å². The Labute approximate surface area is 187 Å². The molecule has 3 rings (SSSR count). The number of carbonyl (C=O) groups is 1. The van der Waals surface area contributed by atoms with Gasteiger partial charge in [-0.3, -0.25) is 4.79 Å². The van der Waals surface area contributed by atoms with Gasteiger partial charge in [0, 0.05) is 13.1 Å². The number of nitrogens with zero attached hydrogens (tertiary/aromatic N) is 1. The van der Waals surface area contributed by atoms with Gasteiger partial charge in [0.15, 0.2) is 0 Å². The van der Waals surface area contributed by atoms with Crippen molar-refractivity contribution in [2.24, 2.45) is 5.92 Å². The molecule has 2 atom stereocenters. The summed E-state index contributed by atoms with van der Waals surface area (Å²) in [5, 5.41) is 3.13. The molecule has 31 heavy (non-hydrogen) atoms. The second-order valence-corrected chi connectivity index (χ2v) is 9.85. The fourth-order valence-corrected chi connectivity index (χ4v) is 5.45. The minimum atomic E-state index is -3.80. The summed E-state index contributed by atoms with van der Waals surface area (Å²) in [4.78, 5) is 12.9. The molecule has 9 heteroatoms. The molecule has 6 nitrogen and oxygen atoms in total. The van der Waals surface area contributed by atoms with E-state index in [-0.39, 0.29) is 34.2 Å². The first-order valence-electron chi connectivity index (χ1n) is 10.2. The zero-order chi connectivity index (χ0) is 22.6. The zero-order valence-corrected chi connectivity index (χ0v) is 19.0. The number of hydrogen-bond acceptors (Lipinski definition) is 4. The topological polar surface area (TPSA) is 75.7 Å². The highest BCUT2D eigenvalue weighted by atomic mass is 35.5. The summed E-state index contributed by atoms with van der Waals surface area (Å²) in [6.07, 6.45) is 1.17. The third kappa shape index (κ3) is 5.56. The molecule has 0 saturated carbocycles. The normalized spacial score (nSPS) is 18.4. The number of ether oxygens (including phenoxy) is 1. The fraction of sp³-hybridized carbons (Fsp3) is 0.409. The number of rotatable bonds is 7. The van der Waals surface area contributed by atoms with Gasteiger partial charge in [-0.25, -0.2) is 12.8 Å². The Morgan fingerprint density at radius 3 is 2.65 bits per heavy atom. The smallest absolute Gasteiger partial charge is 0.243 e. The minimum Gasteiger partial charge on any atom is -0.492 e. The van der Waals surface area contributed by atoms with Gasteiger partial charge in [-0.15, -0.1) is 0 Å². The van der Waals surface area contributed by atoms with E-state index in [1.54, 1.807) is 12.1 Å². The number of nitrogens with one attached hydrogen (secondary N) is 1. The van der Waals surface area contributed by atoms with Gasteiger partial charge in [-0.1, -0.05) is 23.7 Å². The number of sulfonamides is 1. The Bertz CT molecular complexity index is 1030. The summed E-state index contributed by atoms with van der Waals surface area (Å²) in [5.41, 5.74) is 0.777. The minimum absolute atomic E-state index is 0.0710. The van der Waals surface area contributed by atoms with Crippen LogP contribution in [0.3, 0.4) is 0 Å². The first kappa shape index (κ1) is 23.5. The molecule has 1 amide bonds. The number of halogens is 2. The van der Waals surface area contributed by atoms with Gasteiger partial charge in [0.05, 0.1) is 28.5 Å². The second-order valence-electron chi connectivity index (χ2n) is 7.51. The Kier molecular flexibility index (Phi) is 7.56. The zero-order valence-electron chi connectivity index (χ0n) is 17.5. The molecule has 1 aliphatic rings. The van der Waals surface area contributed by atoms with Gasteiger partial charge in [-0.2, -0.15) is 4.31 Å². The van der Waals surface area contributed by atoms with Crippen LogP contribution in [0.5, 0.6) is 5.75 Å². The van der Waals surface area contributed by atoms with Crippen LogP contribution in [0.2, 0.25) is 5.02 Å². The van der Waals surface area contributed by atoms with E-state index in [1.165, 1.54) is 34.6 Å².